The minimum absolute atomic E-state index is 0.00472. The molecule has 1 fully saturated rings. The highest BCUT2D eigenvalue weighted by atomic mass is 16.6. The lowest BCUT2D eigenvalue weighted by molar-refractivity contribution is -0.393. The monoisotopic (exact) mass is 415 g/mol. The second-order valence-electron chi connectivity index (χ2n) is 7.05. The number of aliphatic hydroxyl groups is 1. The molecule has 3 rings (SSSR count). The summed E-state index contributed by atoms with van der Waals surface area (Å²) in [5.41, 5.74) is -0.495. The van der Waals surface area contributed by atoms with E-state index in [9.17, 15) is 30.1 Å². The number of piperidine rings is 1. The van der Waals surface area contributed by atoms with Gasteiger partial charge in [0.05, 0.1) is 34.7 Å². The van der Waals surface area contributed by atoms with Gasteiger partial charge in [-0.25, -0.2) is 4.79 Å². The van der Waals surface area contributed by atoms with Crippen molar-refractivity contribution < 1.29 is 24.5 Å². The number of non-ortho nitro benzene ring substituents is 1. The van der Waals surface area contributed by atoms with Crippen LogP contribution in [-0.4, -0.2) is 41.1 Å². The molecule has 0 bridgehead atoms. The molecule has 0 amide bonds. The van der Waals surface area contributed by atoms with Crippen molar-refractivity contribution in [1.29, 1.82) is 0 Å². The van der Waals surface area contributed by atoms with E-state index < -0.39 is 33.3 Å². The van der Waals surface area contributed by atoms with Crippen molar-refractivity contribution in [2.24, 2.45) is 5.92 Å². The van der Waals surface area contributed by atoms with Crippen molar-refractivity contribution in [1.82, 2.24) is 0 Å². The van der Waals surface area contributed by atoms with Crippen LogP contribution in [0.25, 0.3) is 0 Å². The topological polar surface area (TPSA) is 136 Å². The second-order valence-corrected chi connectivity index (χ2v) is 7.05. The van der Waals surface area contributed by atoms with Crippen molar-refractivity contribution in [2.45, 2.75) is 18.9 Å². The molecule has 1 aliphatic heterocycles. The summed E-state index contributed by atoms with van der Waals surface area (Å²) >= 11 is 0. The van der Waals surface area contributed by atoms with Crippen LogP contribution in [0.5, 0.6) is 0 Å². The van der Waals surface area contributed by atoms with Crippen LogP contribution in [0.2, 0.25) is 0 Å². The highest BCUT2D eigenvalue weighted by Gasteiger charge is 2.34. The number of methoxy groups -OCH3 is 1. The maximum atomic E-state index is 12.3. The quantitative estimate of drug-likeness (QED) is 0.431. The Morgan fingerprint density at radius 3 is 2.30 bits per heavy atom. The molecule has 30 heavy (non-hydrogen) atoms. The average Bonchev–Trinajstić information content (AvgIpc) is 2.77. The Balaban J connectivity index is 1.91. The number of nitro benzene ring substituents is 2. The summed E-state index contributed by atoms with van der Waals surface area (Å²) < 4.78 is 4.70. The first-order chi connectivity index (χ1) is 14.3. The summed E-state index contributed by atoms with van der Waals surface area (Å²) in [4.78, 5) is 35.2. The molecule has 1 unspecified atom stereocenters. The minimum atomic E-state index is -0.886. The van der Waals surface area contributed by atoms with E-state index in [2.05, 4.69) is 0 Å². The van der Waals surface area contributed by atoms with E-state index in [1.807, 2.05) is 30.3 Å². The van der Waals surface area contributed by atoms with Crippen molar-refractivity contribution in [2.75, 3.05) is 25.1 Å². The number of nitro groups is 2. The largest absolute Gasteiger partial charge is 0.465 e. The van der Waals surface area contributed by atoms with Crippen LogP contribution in [0.1, 0.15) is 34.9 Å². The van der Waals surface area contributed by atoms with Gasteiger partial charge in [0, 0.05) is 19.2 Å². The summed E-state index contributed by atoms with van der Waals surface area (Å²) in [7, 11) is 1.11. The number of hydrogen-bond donors (Lipinski definition) is 1. The van der Waals surface area contributed by atoms with E-state index >= 15 is 0 Å². The molecular formula is C20H21N3O7. The van der Waals surface area contributed by atoms with Crippen LogP contribution < -0.4 is 4.90 Å². The first-order valence-corrected chi connectivity index (χ1v) is 9.36. The van der Waals surface area contributed by atoms with E-state index in [0.29, 0.717) is 25.9 Å². The van der Waals surface area contributed by atoms with Crippen LogP contribution in [0, 0.1) is 26.1 Å². The molecule has 1 saturated heterocycles. The number of rotatable bonds is 6. The Morgan fingerprint density at radius 1 is 1.13 bits per heavy atom. The van der Waals surface area contributed by atoms with Crippen molar-refractivity contribution in [3.05, 3.63) is 73.8 Å². The van der Waals surface area contributed by atoms with Crippen molar-refractivity contribution in [3.63, 3.8) is 0 Å². The predicted octanol–water partition coefficient (Wildman–Crippen LogP) is 3.24. The molecular weight excluding hydrogens is 394 g/mol. The standard InChI is InChI=1S/C20H21N3O7/c1-30-20(25)16-11-15(22(26)27)12-17(23(28)29)18(16)21-9-7-14(8-10-21)19(24)13-5-3-2-4-6-13/h2-6,11-12,14,19,24H,7-10H2,1H3. The first kappa shape index (κ1) is 21.2. The Kier molecular flexibility index (Phi) is 6.26. The zero-order valence-electron chi connectivity index (χ0n) is 16.3. The molecule has 1 heterocycles. The van der Waals surface area contributed by atoms with Gasteiger partial charge in [-0.3, -0.25) is 20.2 Å². The Labute approximate surface area is 172 Å². The molecule has 0 radical (unpaired) electrons. The normalized spacial score (nSPS) is 15.5. The van der Waals surface area contributed by atoms with Gasteiger partial charge in [-0.15, -0.1) is 0 Å². The van der Waals surface area contributed by atoms with E-state index in [4.69, 9.17) is 4.74 Å². The number of esters is 1. The molecule has 0 aromatic heterocycles. The molecule has 0 spiro atoms. The van der Waals surface area contributed by atoms with Gasteiger partial charge < -0.3 is 14.7 Å². The minimum Gasteiger partial charge on any atom is -0.465 e. The number of ether oxygens (including phenoxy) is 1. The summed E-state index contributed by atoms with van der Waals surface area (Å²) in [5.74, 6) is -0.939. The third-order valence-corrected chi connectivity index (χ3v) is 5.33. The van der Waals surface area contributed by atoms with Gasteiger partial charge in [0.1, 0.15) is 5.69 Å². The molecule has 1 atom stereocenters. The van der Waals surface area contributed by atoms with Crippen LogP contribution in [0.3, 0.4) is 0 Å². The van der Waals surface area contributed by atoms with Crippen LogP contribution in [-0.2, 0) is 4.74 Å². The lowest BCUT2D eigenvalue weighted by atomic mass is 9.87. The fraction of sp³-hybridized carbons (Fsp3) is 0.350. The number of carbonyl (C=O) groups excluding carboxylic acids is 1. The van der Waals surface area contributed by atoms with Gasteiger partial charge in [-0.2, -0.15) is 0 Å². The van der Waals surface area contributed by atoms with Crippen LogP contribution in [0.4, 0.5) is 17.1 Å². The van der Waals surface area contributed by atoms with E-state index in [1.54, 1.807) is 4.90 Å². The van der Waals surface area contributed by atoms with Gasteiger partial charge in [-0.1, -0.05) is 30.3 Å². The van der Waals surface area contributed by atoms with Gasteiger partial charge in [-0.05, 0) is 24.3 Å². The number of aliphatic hydroxyl groups excluding tert-OH is 1. The molecule has 158 valence electrons. The van der Waals surface area contributed by atoms with E-state index in [-0.39, 0.29) is 17.2 Å². The number of hydrogen-bond acceptors (Lipinski definition) is 8. The average molecular weight is 415 g/mol. The number of anilines is 1. The smallest absolute Gasteiger partial charge is 0.340 e. The number of carbonyl (C=O) groups is 1. The fourth-order valence-electron chi connectivity index (χ4n) is 3.81. The molecule has 10 heteroatoms. The SMILES string of the molecule is COC(=O)c1cc([N+](=O)[O-])cc([N+](=O)[O-])c1N1CCC(C(O)c2ccccc2)CC1. The third kappa shape index (κ3) is 4.23. The fourth-order valence-corrected chi connectivity index (χ4v) is 3.81. The Bertz CT molecular complexity index is 956. The Hall–Kier alpha value is -3.53. The van der Waals surface area contributed by atoms with Crippen molar-refractivity contribution in [3.8, 4) is 0 Å². The molecule has 2 aromatic carbocycles. The number of nitrogens with zero attached hydrogens (tertiary/aromatic N) is 3. The van der Waals surface area contributed by atoms with Crippen molar-refractivity contribution >= 4 is 23.0 Å². The molecule has 0 aliphatic carbocycles. The third-order valence-electron chi connectivity index (χ3n) is 5.33. The van der Waals surface area contributed by atoms with E-state index in [0.717, 1.165) is 24.8 Å². The molecule has 1 aliphatic rings. The predicted molar refractivity (Wildman–Crippen MR) is 107 cm³/mol. The van der Waals surface area contributed by atoms with Gasteiger partial charge in [0.2, 0.25) is 0 Å². The second kappa shape index (κ2) is 8.87. The summed E-state index contributed by atoms with van der Waals surface area (Å²) in [6.07, 6.45) is 0.399. The maximum absolute atomic E-state index is 12.3. The van der Waals surface area contributed by atoms with Crippen LogP contribution >= 0.6 is 0 Å². The zero-order chi connectivity index (χ0) is 21.8. The Morgan fingerprint density at radius 2 is 1.77 bits per heavy atom. The highest BCUT2D eigenvalue weighted by molar-refractivity contribution is 5.99. The molecule has 1 N–H and O–H groups in total. The van der Waals surface area contributed by atoms with Crippen LogP contribution in [0.15, 0.2) is 42.5 Å². The van der Waals surface area contributed by atoms with Gasteiger partial charge in [0.15, 0.2) is 0 Å². The summed E-state index contributed by atoms with van der Waals surface area (Å²) in [5, 5.41) is 33.4. The maximum Gasteiger partial charge on any atom is 0.340 e. The van der Waals surface area contributed by atoms with Gasteiger partial charge in [0.25, 0.3) is 11.4 Å². The lowest BCUT2D eigenvalue weighted by Gasteiger charge is -2.36. The number of benzene rings is 2. The van der Waals surface area contributed by atoms with Gasteiger partial charge >= 0.3 is 5.97 Å². The molecule has 2 aromatic rings. The molecule has 10 nitrogen and oxygen atoms in total. The summed E-state index contributed by atoms with van der Waals surface area (Å²) in [6.45, 7) is 0.689. The zero-order valence-corrected chi connectivity index (χ0v) is 16.3. The van der Waals surface area contributed by atoms with E-state index in [1.165, 1.54) is 0 Å². The molecule has 0 saturated carbocycles. The lowest BCUT2D eigenvalue weighted by Crippen LogP contribution is -2.37. The first-order valence-electron chi connectivity index (χ1n) is 9.36. The summed E-state index contributed by atoms with van der Waals surface area (Å²) in [6, 6.07) is 11.1. The highest BCUT2D eigenvalue weighted by Crippen LogP contribution is 2.40.